The third-order valence-corrected chi connectivity index (χ3v) is 5.53. The highest BCUT2D eigenvalue weighted by atomic mass is 16.9. The first kappa shape index (κ1) is 19.4. The normalized spacial score (nSPS) is 39.9. The molecule has 1 aromatic carbocycles. The van der Waals surface area contributed by atoms with Crippen molar-refractivity contribution in [1.29, 1.82) is 0 Å². The molecule has 158 valence electrons. The van der Waals surface area contributed by atoms with Gasteiger partial charge in [-0.05, 0) is 33.3 Å². The molecule has 0 aliphatic carbocycles. The van der Waals surface area contributed by atoms with Gasteiger partial charge < -0.3 is 33.3 Å². The summed E-state index contributed by atoms with van der Waals surface area (Å²) in [6.07, 6.45) is -1.29. The Morgan fingerprint density at radius 1 is 1.00 bits per heavy atom. The van der Waals surface area contributed by atoms with E-state index in [1.807, 2.05) is 58.0 Å². The van der Waals surface area contributed by atoms with Crippen LogP contribution in [0.15, 0.2) is 35.5 Å². The zero-order valence-corrected chi connectivity index (χ0v) is 17.1. The fourth-order valence-electron chi connectivity index (χ4n) is 4.34. The van der Waals surface area contributed by atoms with Gasteiger partial charge in [-0.25, -0.2) is 0 Å². The molecule has 0 aromatic heterocycles. The minimum atomic E-state index is -1.09. The van der Waals surface area contributed by atoms with E-state index in [1.165, 1.54) is 0 Å². The lowest BCUT2D eigenvalue weighted by Crippen LogP contribution is -2.63. The molecule has 0 N–H and O–H groups in total. The van der Waals surface area contributed by atoms with Crippen LogP contribution in [0.1, 0.15) is 39.7 Å². The topological polar surface area (TPSA) is 77.0 Å². The molecule has 4 heterocycles. The van der Waals surface area contributed by atoms with Gasteiger partial charge >= 0.3 is 0 Å². The third-order valence-electron chi connectivity index (χ3n) is 5.53. The number of nitrogens with zero attached hydrogens (tertiary/aromatic N) is 1. The van der Waals surface area contributed by atoms with Crippen LogP contribution in [0, 0.1) is 0 Å². The fraction of sp³-hybridized carbons (Fsp3) is 0.667. The molecule has 29 heavy (non-hydrogen) atoms. The van der Waals surface area contributed by atoms with Gasteiger partial charge in [-0.15, -0.1) is 0 Å². The Balaban J connectivity index is 1.37. The lowest BCUT2D eigenvalue weighted by molar-refractivity contribution is -0.353. The van der Waals surface area contributed by atoms with Gasteiger partial charge in [0.2, 0.25) is 12.1 Å². The summed E-state index contributed by atoms with van der Waals surface area (Å²) in [5.41, 5.74) is 1.85. The number of fused-ring (bicyclic) bond motifs is 1. The minimum Gasteiger partial charge on any atom is -0.363 e. The van der Waals surface area contributed by atoms with Crippen molar-refractivity contribution in [3.8, 4) is 0 Å². The van der Waals surface area contributed by atoms with E-state index in [4.69, 9.17) is 33.3 Å². The zero-order valence-electron chi connectivity index (χ0n) is 17.1. The summed E-state index contributed by atoms with van der Waals surface area (Å²) in [5, 5.41) is 4.22. The predicted octanol–water partition coefficient (Wildman–Crippen LogP) is 2.55. The van der Waals surface area contributed by atoms with E-state index in [9.17, 15) is 0 Å². The van der Waals surface area contributed by atoms with E-state index in [2.05, 4.69) is 5.16 Å². The molecule has 0 saturated carbocycles. The molecule has 0 radical (unpaired) electrons. The van der Waals surface area contributed by atoms with Crippen molar-refractivity contribution >= 4 is 5.71 Å². The van der Waals surface area contributed by atoms with Gasteiger partial charge in [0.05, 0.1) is 18.7 Å². The standard InChI is InChI=1S/C21H27NO7/c1-19(2)24-12-21(29-19)18(17-15(11-23-21)26-20(3,4)27-17)25-16-10-14(22-28-16)13-8-6-5-7-9-13/h5-9,15-18H,10-12H2,1-4H3/t15-,16?,17-,18-,21+/m1/s1. The van der Waals surface area contributed by atoms with Gasteiger partial charge in [0.25, 0.3) is 0 Å². The van der Waals surface area contributed by atoms with Crippen molar-refractivity contribution in [1.82, 2.24) is 0 Å². The molecule has 3 saturated heterocycles. The van der Waals surface area contributed by atoms with E-state index in [1.54, 1.807) is 0 Å². The van der Waals surface area contributed by atoms with Gasteiger partial charge in [-0.2, -0.15) is 0 Å². The van der Waals surface area contributed by atoms with E-state index < -0.39 is 29.8 Å². The number of rotatable bonds is 3. The quantitative estimate of drug-likeness (QED) is 0.765. The molecule has 8 heteroatoms. The molecule has 4 aliphatic rings. The molecule has 8 nitrogen and oxygen atoms in total. The zero-order chi connectivity index (χ0) is 20.3. The van der Waals surface area contributed by atoms with Gasteiger partial charge in [0.1, 0.15) is 24.9 Å². The van der Waals surface area contributed by atoms with Crippen molar-refractivity contribution < 1.29 is 33.3 Å². The highest BCUT2D eigenvalue weighted by Gasteiger charge is 2.64. The second-order valence-electron chi connectivity index (χ2n) is 8.75. The van der Waals surface area contributed by atoms with Gasteiger partial charge in [-0.1, -0.05) is 35.5 Å². The molecule has 0 bridgehead atoms. The first-order chi connectivity index (χ1) is 13.8. The van der Waals surface area contributed by atoms with Crippen molar-refractivity contribution in [2.75, 3.05) is 13.2 Å². The maximum absolute atomic E-state index is 6.37. The maximum Gasteiger partial charge on any atom is 0.233 e. The number of hydrogen-bond acceptors (Lipinski definition) is 8. The summed E-state index contributed by atoms with van der Waals surface area (Å²) in [5.74, 6) is -2.61. The molecule has 0 amide bonds. The van der Waals surface area contributed by atoms with Crippen LogP contribution in [0.4, 0.5) is 0 Å². The molecule has 1 spiro atoms. The maximum atomic E-state index is 6.37. The third kappa shape index (κ3) is 3.58. The first-order valence-electron chi connectivity index (χ1n) is 10.0. The minimum absolute atomic E-state index is 0.233. The smallest absolute Gasteiger partial charge is 0.233 e. The monoisotopic (exact) mass is 405 g/mol. The number of benzene rings is 1. The molecule has 5 atom stereocenters. The highest BCUT2D eigenvalue weighted by molar-refractivity contribution is 6.01. The van der Waals surface area contributed by atoms with Crippen LogP contribution in [0.25, 0.3) is 0 Å². The molecular weight excluding hydrogens is 378 g/mol. The van der Waals surface area contributed by atoms with Crippen LogP contribution >= 0.6 is 0 Å². The van der Waals surface area contributed by atoms with Crippen molar-refractivity contribution in [3.63, 3.8) is 0 Å². The van der Waals surface area contributed by atoms with Crippen LogP contribution in [0.2, 0.25) is 0 Å². The summed E-state index contributed by atoms with van der Waals surface area (Å²) in [6, 6.07) is 9.91. The number of ether oxygens (including phenoxy) is 6. The van der Waals surface area contributed by atoms with Gasteiger partial charge in [-0.3, -0.25) is 0 Å². The Morgan fingerprint density at radius 3 is 2.52 bits per heavy atom. The summed E-state index contributed by atoms with van der Waals surface area (Å²) in [7, 11) is 0. The highest BCUT2D eigenvalue weighted by Crippen LogP contribution is 2.46. The second kappa shape index (κ2) is 6.73. The van der Waals surface area contributed by atoms with Gasteiger partial charge in [0.15, 0.2) is 11.6 Å². The summed E-state index contributed by atoms with van der Waals surface area (Å²) in [6.45, 7) is 8.04. The Bertz CT molecular complexity index is 793. The van der Waals surface area contributed by atoms with Gasteiger partial charge in [0, 0.05) is 0 Å². The molecule has 1 aromatic rings. The van der Waals surface area contributed by atoms with Crippen LogP contribution < -0.4 is 0 Å². The summed E-state index contributed by atoms with van der Waals surface area (Å²) < 4.78 is 36.7. The Labute approximate surface area is 170 Å². The van der Waals surface area contributed by atoms with Crippen molar-refractivity contribution in [3.05, 3.63) is 35.9 Å². The van der Waals surface area contributed by atoms with Crippen LogP contribution in [0.3, 0.4) is 0 Å². The van der Waals surface area contributed by atoms with E-state index in [0.717, 1.165) is 11.3 Å². The van der Waals surface area contributed by atoms with E-state index >= 15 is 0 Å². The number of oxime groups is 1. The average Bonchev–Trinajstić information content (AvgIpc) is 3.34. The Kier molecular flexibility index (Phi) is 4.51. The molecular formula is C21H27NO7. The number of hydrogen-bond donors (Lipinski definition) is 0. The Hall–Kier alpha value is -1.55. The Morgan fingerprint density at radius 2 is 1.79 bits per heavy atom. The van der Waals surface area contributed by atoms with Crippen LogP contribution in [0.5, 0.6) is 0 Å². The van der Waals surface area contributed by atoms with Crippen LogP contribution in [-0.4, -0.2) is 60.9 Å². The van der Waals surface area contributed by atoms with Crippen LogP contribution in [-0.2, 0) is 33.3 Å². The molecule has 3 fully saturated rings. The van der Waals surface area contributed by atoms with E-state index in [-0.39, 0.29) is 18.8 Å². The summed E-state index contributed by atoms with van der Waals surface area (Å²) >= 11 is 0. The first-order valence-corrected chi connectivity index (χ1v) is 10.0. The largest absolute Gasteiger partial charge is 0.363 e. The SMILES string of the molecule is CC1(C)O[C@H]2[C@@H](OC3CC(c4ccccc4)=NO3)[C@@]3(COC(C)(C)O3)OC[C@H]2O1. The fourth-order valence-corrected chi connectivity index (χ4v) is 4.34. The molecule has 5 rings (SSSR count). The lowest BCUT2D eigenvalue weighted by atomic mass is 9.97. The average molecular weight is 405 g/mol. The second-order valence-corrected chi connectivity index (χ2v) is 8.75. The van der Waals surface area contributed by atoms with E-state index in [0.29, 0.717) is 13.0 Å². The predicted molar refractivity (Wildman–Crippen MR) is 101 cm³/mol. The van der Waals surface area contributed by atoms with Crippen molar-refractivity contribution in [2.45, 2.75) is 76.1 Å². The summed E-state index contributed by atoms with van der Waals surface area (Å²) in [4.78, 5) is 5.60. The van der Waals surface area contributed by atoms with Crippen molar-refractivity contribution in [2.24, 2.45) is 5.16 Å². The molecule has 4 aliphatic heterocycles. The lowest BCUT2D eigenvalue weighted by Gasteiger charge is -2.44. The molecule has 1 unspecified atom stereocenters.